The molecule has 0 bridgehead atoms. The van der Waals surface area contributed by atoms with E-state index in [1.165, 1.54) is 12.3 Å². The highest BCUT2D eigenvalue weighted by Crippen LogP contribution is 2.30. The van der Waals surface area contributed by atoms with Crippen LogP contribution in [0.2, 0.25) is 0 Å². The van der Waals surface area contributed by atoms with E-state index in [4.69, 9.17) is 6.57 Å². The lowest BCUT2D eigenvalue weighted by Gasteiger charge is -2.08. The first-order chi connectivity index (χ1) is 11.8. The molecular weight excluding hydrogens is 305 g/mol. The molecule has 0 unspecified atom stereocenters. The quantitative estimate of drug-likeness (QED) is 0.412. The van der Waals surface area contributed by atoms with Crippen LogP contribution in [0.5, 0.6) is 0 Å². The number of fused-ring (bicyclic) bond motifs is 1. The van der Waals surface area contributed by atoms with Crippen molar-refractivity contribution >= 4 is 11.5 Å². The Morgan fingerprint density at radius 2 is 1.96 bits per heavy atom. The molecular formula is C18H10FN5. The zero-order valence-corrected chi connectivity index (χ0v) is 12.4. The van der Waals surface area contributed by atoms with E-state index in [1.807, 2.05) is 30.5 Å². The average molecular weight is 315 g/mol. The summed E-state index contributed by atoms with van der Waals surface area (Å²) in [5.41, 5.74) is 3.39. The number of hydrogen-bond acceptors (Lipinski definition) is 3. The Balaban J connectivity index is 1.93. The number of halogens is 1. The molecule has 0 aliphatic rings. The Bertz CT molecular complexity index is 1090. The van der Waals surface area contributed by atoms with Gasteiger partial charge in [-0.3, -0.25) is 4.98 Å². The minimum Gasteiger partial charge on any atom is -0.362 e. The Kier molecular flexibility index (Phi) is 3.25. The minimum absolute atomic E-state index is 0.432. The van der Waals surface area contributed by atoms with Gasteiger partial charge in [-0.25, -0.2) is 14.4 Å². The summed E-state index contributed by atoms with van der Waals surface area (Å²) in [5, 5.41) is 0. The fourth-order valence-electron chi connectivity index (χ4n) is 2.59. The molecule has 0 saturated heterocycles. The van der Waals surface area contributed by atoms with Gasteiger partial charge in [-0.15, -0.1) is 0 Å². The number of aromatic nitrogens is 4. The molecule has 0 spiro atoms. The van der Waals surface area contributed by atoms with Crippen molar-refractivity contribution in [3.05, 3.63) is 78.4 Å². The maximum atomic E-state index is 13.5. The number of imidazole rings is 1. The van der Waals surface area contributed by atoms with Crippen LogP contribution in [0.1, 0.15) is 0 Å². The summed E-state index contributed by atoms with van der Waals surface area (Å²) in [6, 6.07) is 12.1. The first kappa shape index (κ1) is 14.0. The van der Waals surface area contributed by atoms with E-state index in [1.54, 1.807) is 22.7 Å². The Morgan fingerprint density at radius 1 is 1.04 bits per heavy atom. The van der Waals surface area contributed by atoms with Gasteiger partial charge in [-0.2, -0.15) is 4.39 Å². The molecule has 114 valence electrons. The molecule has 6 heteroatoms. The summed E-state index contributed by atoms with van der Waals surface area (Å²) < 4.78 is 15.2. The van der Waals surface area contributed by atoms with Gasteiger partial charge < -0.3 is 4.85 Å². The summed E-state index contributed by atoms with van der Waals surface area (Å²) in [6.45, 7) is 7.22. The first-order valence-corrected chi connectivity index (χ1v) is 7.19. The van der Waals surface area contributed by atoms with Crippen LogP contribution < -0.4 is 0 Å². The monoisotopic (exact) mass is 315 g/mol. The summed E-state index contributed by atoms with van der Waals surface area (Å²) in [7, 11) is 0. The van der Waals surface area contributed by atoms with Crippen molar-refractivity contribution in [1.82, 2.24) is 19.4 Å². The van der Waals surface area contributed by atoms with Crippen molar-refractivity contribution in [3.63, 3.8) is 0 Å². The Hall–Kier alpha value is -3.59. The molecule has 0 radical (unpaired) electrons. The molecule has 5 nitrogen and oxygen atoms in total. The van der Waals surface area contributed by atoms with Crippen LogP contribution in [0.25, 0.3) is 33.0 Å². The van der Waals surface area contributed by atoms with Crippen molar-refractivity contribution in [1.29, 1.82) is 0 Å². The van der Waals surface area contributed by atoms with E-state index in [0.717, 1.165) is 11.1 Å². The van der Waals surface area contributed by atoms with Crippen LogP contribution >= 0.6 is 0 Å². The SMILES string of the molecule is [C-]#[N+]c1cnc2ccc(-c3cccnc3-c3cccc(F)n3)cn12. The number of pyridine rings is 3. The van der Waals surface area contributed by atoms with Crippen molar-refractivity contribution in [2.24, 2.45) is 0 Å². The summed E-state index contributed by atoms with van der Waals surface area (Å²) in [4.78, 5) is 15.9. The molecule has 0 amide bonds. The van der Waals surface area contributed by atoms with Gasteiger partial charge in [0.1, 0.15) is 0 Å². The van der Waals surface area contributed by atoms with E-state index < -0.39 is 5.95 Å². The van der Waals surface area contributed by atoms with Crippen LogP contribution in [0, 0.1) is 12.5 Å². The largest absolute Gasteiger partial charge is 0.362 e. The van der Waals surface area contributed by atoms with Gasteiger partial charge in [0.15, 0.2) is 0 Å². The topological polar surface area (TPSA) is 47.4 Å². The van der Waals surface area contributed by atoms with Crippen LogP contribution in [-0.2, 0) is 0 Å². The zero-order valence-electron chi connectivity index (χ0n) is 12.4. The number of nitrogens with zero attached hydrogens (tertiary/aromatic N) is 5. The second-order valence-corrected chi connectivity index (χ2v) is 5.12. The number of hydrogen-bond donors (Lipinski definition) is 0. The lowest BCUT2D eigenvalue weighted by molar-refractivity contribution is 0.585. The number of rotatable bonds is 2. The van der Waals surface area contributed by atoms with Crippen molar-refractivity contribution in [3.8, 4) is 22.5 Å². The third kappa shape index (κ3) is 2.29. The highest BCUT2D eigenvalue weighted by atomic mass is 19.1. The van der Waals surface area contributed by atoms with Crippen molar-refractivity contribution < 1.29 is 4.39 Å². The van der Waals surface area contributed by atoms with Crippen LogP contribution in [0.15, 0.2) is 61.1 Å². The van der Waals surface area contributed by atoms with Crippen LogP contribution in [-0.4, -0.2) is 19.4 Å². The molecule has 24 heavy (non-hydrogen) atoms. The summed E-state index contributed by atoms with van der Waals surface area (Å²) in [5.74, 6) is -0.120. The second kappa shape index (κ2) is 5.56. The van der Waals surface area contributed by atoms with Gasteiger partial charge in [0.25, 0.3) is 5.82 Å². The smallest absolute Gasteiger partial charge is 0.254 e. The standard InChI is InChI=1S/C18H10FN5/c1-20-17-10-22-16-8-7-12(11-24(16)17)13-4-3-9-21-18(13)14-5-2-6-15(19)23-14/h2-11H. The minimum atomic E-state index is -0.551. The molecule has 0 fully saturated rings. The molecule has 4 aromatic heterocycles. The Morgan fingerprint density at radius 3 is 2.79 bits per heavy atom. The van der Waals surface area contributed by atoms with Gasteiger partial charge in [0.2, 0.25) is 11.6 Å². The van der Waals surface area contributed by atoms with Gasteiger partial charge in [-0.1, -0.05) is 18.7 Å². The fourth-order valence-corrected chi connectivity index (χ4v) is 2.59. The lowest BCUT2D eigenvalue weighted by atomic mass is 10.0. The third-order valence-corrected chi connectivity index (χ3v) is 3.68. The van der Waals surface area contributed by atoms with Crippen LogP contribution in [0.4, 0.5) is 10.2 Å². The van der Waals surface area contributed by atoms with Crippen molar-refractivity contribution in [2.45, 2.75) is 0 Å². The zero-order chi connectivity index (χ0) is 16.5. The fraction of sp³-hybridized carbons (Fsp3) is 0. The molecule has 4 heterocycles. The molecule has 4 rings (SSSR count). The predicted molar refractivity (Wildman–Crippen MR) is 87.9 cm³/mol. The van der Waals surface area contributed by atoms with Gasteiger partial charge in [0.05, 0.1) is 23.8 Å². The van der Waals surface area contributed by atoms with E-state index in [2.05, 4.69) is 19.8 Å². The molecule has 0 aromatic carbocycles. The molecule has 0 aliphatic carbocycles. The van der Waals surface area contributed by atoms with E-state index in [-0.39, 0.29) is 0 Å². The van der Waals surface area contributed by atoms with Crippen LogP contribution in [0.3, 0.4) is 0 Å². The lowest BCUT2D eigenvalue weighted by Crippen LogP contribution is -1.94. The van der Waals surface area contributed by atoms with E-state index in [0.29, 0.717) is 22.9 Å². The van der Waals surface area contributed by atoms with Gasteiger partial charge in [-0.05, 0) is 24.3 Å². The molecule has 0 N–H and O–H groups in total. The first-order valence-electron chi connectivity index (χ1n) is 7.19. The normalized spacial score (nSPS) is 10.7. The van der Waals surface area contributed by atoms with Crippen molar-refractivity contribution in [2.75, 3.05) is 0 Å². The maximum Gasteiger partial charge on any atom is 0.254 e. The molecule has 0 atom stereocenters. The Labute approximate surface area is 136 Å². The highest BCUT2D eigenvalue weighted by molar-refractivity contribution is 5.79. The summed E-state index contributed by atoms with van der Waals surface area (Å²) >= 11 is 0. The van der Waals surface area contributed by atoms with Gasteiger partial charge >= 0.3 is 0 Å². The van der Waals surface area contributed by atoms with Gasteiger partial charge in [0, 0.05) is 23.4 Å². The van der Waals surface area contributed by atoms with E-state index >= 15 is 0 Å². The molecule has 0 aliphatic heterocycles. The second-order valence-electron chi connectivity index (χ2n) is 5.12. The molecule has 0 saturated carbocycles. The molecule has 4 aromatic rings. The van der Waals surface area contributed by atoms with E-state index in [9.17, 15) is 4.39 Å². The highest BCUT2D eigenvalue weighted by Gasteiger charge is 2.13. The summed E-state index contributed by atoms with van der Waals surface area (Å²) in [6.07, 6.45) is 5.01. The predicted octanol–water partition coefficient (Wildman–Crippen LogP) is 4.15. The maximum absolute atomic E-state index is 13.5. The third-order valence-electron chi connectivity index (χ3n) is 3.68. The average Bonchev–Trinajstić information content (AvgIpc) is 3.04.